The first-order valence-electron chi connectivity index (χ1n) is 13.3. The molecule has 1 saturated heterocycles. The molecular weight excluding hydrogens is 565 g/mol. The van der Waals surface area contributed by atoms with Crippen LogP contribution in [0.2, 0.25) is 0 Å². The first kappa shape index (κ1) is 27.7. The van der Waals surface area contributed by atoms with Gasteiger partial charge in [0.25, 0.3) is 0 Å². The number of hydrogen-bond donors (Lipinski definition) is 1. The number of aliphatic imine (C=N–C) groups is 1. The molecule has 1 N–H and O–H groups in total. The molecule has 0 bridgehead atoms. The van der Waals surface area contributed by atoms with Gasteiger partial charge in [0.2, 0.25) is 5.91 Å². The summed E-state index contributed by atoms with van der Waals surface area (Å²) >= 11 is 1.25. The van der Waals surface area contributed by atoms with Gasteiger partial charge in [0.05, 0.1) is 22.7 Å². The number of hydrogen-bond acceptors (Lipinski definition) is 5. The number of benzene rings is 3. The minimum atomic E-state index is -4.41. The van der Waals surface area contributed by atoms with Gasteiger partial charge in [-0.1, -0.05) is 48.2 Å². The summed E-state index contributed by atoms with van der Waals surface area (Å²) in [6, 6.07) is 17.4. The number of carbonyl (C=O) groups is 2. The van der Waals surface area contributed by atoms with Crippen molar-refractivity contribution in [2.24, 2.45) is 4.99 Å². The predicted octanol–water partition coefficient (Wildman–Crippen LogP) is 6.48. The van der Waals surface area contributed by atoms with E-state index < -0.39 is 17.8 Å². The van der Waals surface area contributed by atoms with Crippen molar-refractivity contribution in [3.63, 3.8) is 0 Å². The van der Waals surface area contributed by atoms with E-state index in [9.17, 15) is 22.8 Å². The lowest BCUT2D eigenvalue weighted by molar-refractivity contribution is -0.137. The molecule has 42 heavy (non-hydrogen) atoms. The van der Waals surface area contributed by atoms with Crippen LogP contribution in [0.4, 0.5) is 23.7 Å². The number of amidine groups is 1. The molecule has 8 nitrogen and oxygen atoms in total. The summed E-state index contributed by atoms with van der Waals surface area (Å²) in [4.78, 5) is 35.5. The molecule has 2 aliphatic rings. The number of nitrogens with one attached hydrogen (secondary N) is 1. The number of carbonyl (C=O) groups excluding carboxylic acids is 2. The zero-order valence-corrected chi connectivity index (χ0v) is 23.2. The molecule has 6 rings (SSSR count). The van der Waals surface area contributed by atoms with Crippen LogP contribution in [0.15, 0.2) is 78.0 Å². The number of alkyl halides is 3. The highest BCUT2D eigenvalue weighted by atomic mass is 32.2. The lowest BCUT2D eigenvalue weighted by Crippen LogP contribution is -2.32. The summed E-state index contributed by atoms with van der Waals surface area (Å²) in [7, 11) is 0. The molecule has 0 radical (unpaired) electrons. The largest absolute Gasteiger partial charge is 0.416 e. The average Bonchev–Trinajstić information content (AvgIpc) is 3.58. The van der Waals surface area contributed by atoms with E-state index in [-0.39, 0.29) is 18.2 Å². The topological polar surface area (TPSA) is 92.5 Å². The second kappa shape index (κ2) is 11.1. The Bertz CT molecular complexity index is 1680. The molecule has 3 aromatic carbocycles. The summed E-state index contributed by atoms with van der Waals surface area (Å²) in [6.07, 6.45) is -0.789. The van der Waals surface area contributed by atoms with Gasteiger partial charge >= 0.3 is 12.2 Å². The fourth-order valence-electron chi connectivity index (χ4n) is 4.67. The SMILES string of the molecule is Cc1ccc(C2CC2)c(N2C(=O)CS/C2=N\C(=O)NCc2ccc(-c3ncn(-c4ccc(C(F)(F)F)cc4)n3)cc2)c1. The van der Waals surface area contributed by atoms with Crippen LogP contribution in [0.5, 0.6) is 0 Å². The van der Waals surface area contributed by atoms with Gasteiger partial charge in [-0.15, -0.1) is 5.10 Å². The Balaban J connectivity index is 1.10. The van der Waals surface area contributed by atoms with Crippen LogP contribution < -0.4 is 10.2 Å². The molecule has 3 amide bonds. The lowest BCUT2D eigenvalue weighted by Gasteiger charge is -2.20. The van der Waals surface area contributed by atoms with Gasteiger partial charge in [-0.3, -0.25) is 9.69 Å². The highest BCUT2D eigenvalue weighted by Gasteiger charge is 2.35. The van der Waals surface area contributed by atoms with Gasteiger partial charge in [-0.2, -0.15) is 18.2 Å². The van der Waals surface area contributed by atoms with Gasteiger partial charge in [0.1, 0.15) is 6.33 Å². The van der Waals surface area contributed by atoms with Crippen LogP contribution in [0, 0.1) is 6.92 Å². The maximum Gasteiger partial charge on any atom is 0.416 e. The zero-order chi connectivity index (χ0) is 29.4. The second-order valence-electron chi connectivity index (χ2n) is 10.2. The fourth-order valence-corrected chi connectivity index (χ4v) is 5.53. The summed E-state index contributed by atoms with van der Waals surface area (Å²) in [5.74, 6) is 0.977. The van der Waals surface area contributed by atoms with Crippen molar-refractivity contribution < 1.29 is 22.8 Å². The summed E-state index contributed by atoms with van der Waals surface area (Å²) in [5, 5.41) is 7.52. The number of rotatable bonds is 6. The van der Waals surface area contributed by atoms with Gasteiger partial charge in [0, 0.05) is 12.1 Å². The number of halogens is 3. The molecule has 2 fully saturated rings. The molecule has 0 unspecified atom stereocenters. The van der Waals surface area contributed by atoms with Gasteiger partial charge < -0.3 is 5.32 Å². The number of thioether (sulfide) groups is 1. The Morgan fingerprint density at radius 1 is 1.07 bits per heavy atom. The minimum absolute atomic E-state index is 0.0935. The highest BCUT2D eigenvalue weighted by Crippen LogP contribution is 2.46. The average molecular weight is 591 g/mol. The van der Waals surface area contributed by atoms with Crippen LogP contribution in [0.1, 0.15) is 41.0 Å². The van der Waals surface area contributed by atoms with Crippen molar-refractivity contribution in [2.45, 2.75) is 38.4 Å². The normalized spacial score (nSPS) is 16.3. The van der Waals surface area contributed by atoms with Gasteiger partial charge in [0.15, 0.2) is 11.0 Å². The summed E-state index contributed by atoms with van der Waals surface area (Å²) in [6.45, 7) is 2.20. The third-order valence-corrected chi connectivity index (χ3v) is 7.94. The number of amides is 3. The number of aromatic nitrogens is 3. The van der Waals surface area contributed by atoms with Crippen LogP contribution in [-0.4, -0.2) is 37.6 Å². The Hall–Kier alpha value is -4.45. The standard InChI is InChI=1S/C30H25F3N6O2S/c1-18-2-13-24(20-7-8-20)25(14-18)39-26(40)16-42-29(39)36-28(41)34-15-19-3-5-21(6-4-19)27-35-17-38(37-27)23-11-9-22(10-12-23)30(31,32)33/h2-6,9-14,17,20H,7-8,15-16H2,1H3,(H,34,41)/b36-29-. The molecular formula is C30H25F3N6O2S. The molecule has 1 aliphatic carbocycles. The molecule has 214 valence electrons. The smallest absolute Gasteiger partial charge is 0.332 e. The van der Waals surface area contributed by atoms with Crippen molar-refractivity contribution in [3.8, 4) is 17.1 Å². The van der Waals surface area contributed by atoms with E-state index in [1.807, 2.05) is 31.2 Å². The maximum absolute atomic E-state index is 12.8. The lowest BCUT2D eigenvalue weighted by atomic mass is 10.0. The van der Waals surface area contributed by atoms with Crippen LogP contribution in [0.25, 0.3) is 17.1 Å². The zero-order valence-electron chi connectivity index (χ0n) is 22.4. The van der Waals surface area contributed by atoms with Crippen molar-refractivity contribution in [2.75, 3.05) is 10.7 Å². The van der Waals surface area contributed by atoms with E-state index in [0.29, 0.717) is 28.2 Å². The monoisotopic (exact) mass is 590 g/mol. The summed E-state index contributed by atoms with van der Waals surface area (Å²) < 4.78 is 39.9. The Labute approximate surface area is 243 Å². The number of aryl methyl sites for hydroxylation is 1. The summed E-state index contributed by atoms with van der Waals surface area (Å²) in [5.41, 5.74) is 4.20. The van der Waals surface area contributed by atoms with E-state index in [2.05, 4.69) is 26.5 Å². The molecule has 1 saturated carbocycles. The number of urea groups is 1. The quantitative estimate of drug-likeness (QED) is 0.277. The van der Waals surface area contributed by atoms with E-state index in [0.717, 1.165) is 47.4 Å². The van der Waals surface area contributed by atoms with Crippen molar-refractivity contribution in [1.82, 2.24) is 20.1 Å². The van der Waals surface area contributed by atoms with Gasteiger partial charge in [-0.05, 0) is 72.7 Å². The van der Waals surface area contributed by atoms with Crippen molar-refractivity contribution in [3.05, 3.63) is 95.3 Å². The third kappa shape index (κ3) is 5.94. The molecule has 0 atom stereocenters. The maximum atomic E-state index is 12.8. The van der Waals surface area contributed by atoms with Crippen LogP contribution in [-0.2, 0) is 17.5 Å². The van der Waals surface area contributed by atoms with Crippen molar-refractivity contribution >= 4 is 34.6 Å². The third-order valence-electron chi connectivity index (χ3n) is 7.01. The molecule has 0 spiro atoms. The van der Waals surface area contributed by atoms with E-state index >= 15 is 0 Å². The number of anilines is 1. The second-order valence-corrected chi connectivity index (χ2v) is 11.1. The van der Waals surface area contributed by atoms with E-state index in [1.165, 1.54) is 34.9 Å². The fraction of sp³-hybridized carbons (Fsp3) is 0.233. The van der Waals surface area contributed by atoms with Gasteiger partial charge in [-0.25, -0.2) is 14.5 Å². The van der Waals surface area contributed by atoms with Crippen LogP contribution in [0.3, 0.4) is 0 Å². The molecule has 1 aliphatic heterocycles. The number of nitrogens with zero attached hydrogens (tertiary/aromatic N) is 5. The Morgan fingerprint density at radius 2 is 1.81 bits per heavy atom. The van der Waals surface area contributed by atoms with E-state index in [4.69, 9.17) is 0 Å². The minimum Gasteiger partial charge on any atom is -0.332 e. The first-order chi connectivity index (χ1) is 20.2. The van der Waals surface area contributed by atoms with Crippen molar-refractivity contribution in [1.29, 1.82) is 0 Å². The van der Waals surface area contributed by atoms with Crippen LogP contribution >= 0.6 is 11.8 Å². The Kier molecular flexibility index (Phi) is 7.31. The molecule has 2 heterocycles. The highest BCUT2D eigenvalue weighted by molar-refractivity contribution is 8.15. The first-order valence-corrected chi connectivity index (χ1v) is 14.3. The molecule has 1 aromatic heterocycles. The molecule has 12 heteroatoms. The Morgan fingerprint density at radius 3 is 2.50 bits per heavy atom. The molecule has 4 aromatic rings. The van der Waals surface area contributed by atoms with E-state index in [1.54, 1.807) is 17.0 Å². The predicted molar refractivity (Wildman–Crippen MR) is 155 cm³/mol.